The van der Waals surface area contributed by atoms with Crippen molar-refractivity contribution in [2.75, 3.05) is 11.9 Å². The number of hydrogen-bond acceptors (Lipinski definition) is 2. The van der Waals surface area contributed by atoms with Crippen LogP contribution in [0.4, 0.5) is 5.69 Å². The summed E-state index contributed by atoms with van der Waals surface area (Å²) >= 11 is 0. The highest BCUT2D eigenvalue weighted by Crippen LogP contribution is 2.24. The third-order valence-electron chi connectivity index (χ3n) is 3.95. The molecule has 0 aliphatic carbocycles. The standard InChI is InChI=1S/C20H27NO/c1-5-17(22-20-13-9-6-10-16(20)4)14-21-19-12-8-7-11-18(19)15(2)3/h6-13,15,17,21H,5,14H2,1-4H3. The smallest absolute Gasteiger partial charge is 0.122 e. The molecule has 0 saturated heterocycles. The number of aryl methyl sites for hydroxylation is 1. The van der Waals surface area contributed by atoms with Gasteiger partial charge in [0, 0.05) is 5.69 Å². The molecule has 1 N–H and O–H groups in total. The van der Waals surface area contributed by atoms with E-state index < -0.39 is 0 Å². The molecule has 0 saturated carbocycles. The van der Waals surface area contributed by atoms with Gasteiger partial charge in [-0.25, -0.2) is 0 Å². The van der Waals surface area contributed by atoms with Crippen LogP contribution >= 0.6 is 0 Å². The van der Waals surface area contributed by atoms with Crippen LogP contribution in [0.2, 0.25) is 0 Å². The monoisotopic (exact) mass is 297 g/mol. The highest BCUT2D eigenvalue weighted by atomic mass is 16.5. The lowest BCUT2D eigenvalue weighted by molar-refractivity contribution is 0.208. The van der Waals surface area contributed by atoms with E-state index in [9.17, 15) is 0 Å². The van der Waals surface area contributed by atoms with Crippen molar-refractivity contribution in [1.29, 1.82) is 0 Å². The first-order chi connectivity index (χ1) is 10.6. The molecule has 1 atom stereocenters. The van der Waals surface area contributed by atoms with Gasteiger partial charge in [0.1, 0.15) is 11.9 Å². The summed E-state index contributed by atoms with van der Waals surface area (Å²) in [5, 5.41) is 3.56. The van der Waals surface area contributed by atoms with Crippen LogP contribution in [0.5, 0.6) is 5.75 Å². The molecule has 2 aromatic rings. The fourth-order valence-electron chi connectivity index (χ4n) is 2.52. The van der Waals surface area contributed by atoms with Gasteiger partial charge in [-0.05, 0) is 42.5 Å². The molecule has 2 heteroatoms. The van der Waals surface area contributed by atoms with Gasteiger partial charge in [-0.3, -0.25) is 0 Å². The Morgan fingerprint density at radius 1 is 1.00 bits per heavy atom. The Morgan fingerprint density at radius 2 is 1.68 bits per heavy atom. The predicted molar refractivity (Wildman–Crippen MR) is 94.9 cm³/mol. The summed E-state index contributed by atoms with van der Waals surface area (Å²) in [5.41, 5.74) is 3.75. The van der Waals surface area contributed by atoms with Crippen LogP contribution in [-0.4, -0.2) is 12.6 Å². The second-order valence-corrected chi connectivity index (χ2v) is 6.04. The molecule has 2 rings (SSSR count). The molecule has 2 aromatic carbocycles. The molecular formula is C20H27NO. The van der Waals surface area contributed by atoms with E-state index in [1.54, 1.807) is 0 Å². The SMILES string of the molecule is CCC(CNc1ccccc1C(C)C)Oc1ccccc1C. The third-order valence-corrected chi connectivity index (χ3v) is 3.95. The van der Waals surface area contributed by atoms with Crippen LogP contribution in [0.25, 0.3) is 0 Å². The van der Waals surface area contributed by atoms with Gasteiger partial charge in [-0.1, -0.05) is 57.2 Å². The topological polar surface area (TPSA) is 21.3 Å². The number of benzene rings is 2. The van der Waals surface area contributed by atoms with Gasteiger partial charge in [0.05, 0.1) is 6.54 Å². The molecule has 0 aliphatic heterocycles. The van der Waals surface area contributed by atoms with Crippen molar-refractivity contribution >= 4 is 5.69 Å². The first kappa shape index (κ1) is 16.4. The Balaban J connectivity index is 2.01. The Hall–Kier alpha value is -1.96. The largest absolute Gasteiger partial charge is 0.488 e. The predicted octanol–water partition coefficient (Wildman–Crippen LogP) is 5.39. The molecule has 118 valence electrons. The molecule has 1 unspecified atom stereocenters. The minimum absolute atomic E-state index is 0.168. The molecule has 0 bridgehead atoms. The maximum absolute atomic E-state index is 6.15. The fourth-order valence-corrected chi connectivity index (χ4v) is 2.52. The summed E-state index contributed by atoms with van der Waals surface area (Å²) in [6.45, 7) is 9.51. The molecule has 22 heavy (non-hydrogen) atoms. The lowest BCUT2D eigenvalue weighted by Gasteiger charge is -2.21. The zero-order valence-corrected chi connectivity index (χ0v) is 14.1. The summed E-state index contributed by atoms with van der Waals surface area (Å²) in [6.07, 6.45) is 1.15. The van der Waals surface area contributed by atoms with E-state index in [1.807, 2.05) is 18.2 Å². The van der Waals surface area contributed by atoms with Crippen molar-refractivity contribution in [2.24, 2.45) is 0 Å². The third kappa shape index (κ3) is 4.27. The molecule has 0 fully saturated rings. The second kappa shape index (κ2) is 7.88. The normalized spacial score (nSPS) is 12.2. The Labute approximate surface area is 134 Å². The number of nitrogens with one attached hydrogen (secondary N) is 1. The number of ether oxygens (including phenoxy) is 1. The van der Waals surface area contributed by atoms with Gasteiger partial charge in [-0.15, -0.1) is 0 Å². The molecule has 0 aliphatic rings. The van der Waals surface area contributed by atoms with Crippen LogP contribution in [0, 0.1) is 6.92 Å². The molecule has 0 amide bonds. The number of rotatable bonds is 7. The van der Waals surface area contributed by atoms with Gasteiger partial charge in [0.25, 0.3) is 0 Å². The van der Waals surface area contributed by atoms with Crippen molar-refractivity contribution in [2.45, 2.75) is 46.1 Å². The minimum atomic E-state index is 0.168. The minimum Gasteiger partial charge on any atom is -0.488 e. The van der Waals surface area contributed by atoms with Crippen LogP contribution in [0.1, 0.15) is 44.2 Å². The van der Waals surface area contributed by atoms with Gasteiger partial charge in [0.2, 0.25) is 0 Å². The number of anilines is 1. The van der Waals surface area contributed by atoms with E-state index in [0.717, 1.165) is 18.7 Å². The highest BCUT2D eigenvalue weighted by molar-refractivity contribution is 5.52. The summed E-state index contributed by atoms with van der Waals surface area (Å²) in [7, 11) is 0. The maximum atomic E-state index is 6.15. The van der Waals surface area contributed by atoms with Crippen LogP contribution in [-0.2, 0) is 0 Å². The molecular weight excluding hydrogens is 270 g/mol. The molecule has 0 aromatic heterocycles. The van der Waals surface area contributed by atoms with E-state index >= 15 is 0 Å². The molecule has 0 radical (unpaired) electrons. The number of hydrogen-bond donors (Lipinski definition) is 1. The van der Waals surface area contributed by atoms with Gasteiger partial charge < -0.3 is 10.1 Å². The van der Waals surface area contributed by atoms with Crippen LogP contribution in [0.15, 0.2) is 48.5 Å². The summed E-state index contributed by atoms with van der Waals surface area (Å²) < 4.78 is 6.15. The Bertz CT molecular complexity index is 592. The Morgan fingerprint density at radius 3 is 2.36 bits per heavy atom. The quantitative estimate of drug-likeness (QED) is 0.740. The first-order valence-corrected chi connectivity index (χ1v) is 8.17. The average molecular weight is 297 g/mol. The summed E-state index contributed by atoms with van der Waals surface area (Å²) in [5.74, 6) is 1.49. The maximum Gasteiger partial charge on any atom is 0.122 e. The van der Waals surface area contributed by atoms with Crippen molar-refractivity contribution in [3.8, 4) is 5.75 Å². The highest BCUT2D eigenvalue weighted by Gasteiger charge is 2.11. The van der Waals surface area contributed by atoms with Gasteiger partial charge >= 0.3 is 0 Å². The van der Waals surface area contributed by atoms with Crippen molar-refractivity contribution < 1.29 is 4.74 Å². The van der Waals surface area contributed by atoms with Crippen molar-refractivity contribution in [1.82, 2.24) is 0 Å². The summed E-state index contributed by atoms with van der Waals surface area (Å²) in [4.78, 5) is 0. The summed E-state index contributed by atoms with van der Waals surface area (Å²) in [6, 6.07) is 16.7. The second-order valence-electron chi connectivity index (χ2n) is 6.04. The van der Waals surface area contributed by atoms with E-state index in [-0.39, 0.29) is 6.10 Å². The van der Waals surface area contributed by atoms with Gasteiger partial charge in [-0.2, -0.15) is 0 Å². The van der Waals surface area contributed by atoms with E-state index in [2.05, 4.69) is 63.3 Å². The zero-order chi connectivity index (χ0) is 15.9. The molecule has 0 heterocycles. The Kier molecular flexibility index (Phi) is 5.88. The van der Waals surface area contributed by atoms with E-state index in [1.165, 1.54) is 16.8 Å². The number of para-hydroxylation sites is 2. The van der Waals surface area contributed by atoms with Crippen molar-refractivity contribution in [3.63, 3.8) is 0 Å². The van der Waals surface area contributed by atoms with Gasteiger partial charge in [0.15, 0.2) is 0 Å². The molecule has 0 spiro atoms. The average Bonchev–Trinajstić information content (AvgIpc) is 2.53. The van der Waals surface area contributed by atoms with Crippen LogP contribution in [0.3, 0.4) is 0 Å². The fraction of sp³-hybridized carbons (Fsp3) is 0.400. The first-order valence-electron chi connectivity index (χ1n) is 8.17. The lowest BCUT2D eigenvalue weighted by atomic mass is 10.0. The molecule has 2 nitrogen and oxygen atoms in total. The van der Waals surface area contributed by atoms with Crippen molar-refractivity contribution in [3.05, 3.63) is 59.7 Å². The van der Waals surface area contributed by atoms with E-state index in [0.29, 0.717) is 5.92 Å². The lowest BCUT2D eigenvalue weighted by Crippen LogP contribution is -2.26. The van der Waals surface area contributed by atoms with E-state index in [4.69, 9.17) is 4.74 Å². The van der Waals surface area contributed by atoms with Crippen LogP contribution < -0.4 is 10.1 Å². The zero-order valence-electron chi connectivity index (χ0n) is 14.1.